The number of unbranched alkanes of at least 4 members (excludes halogenated alkanes) is 1. The van der Waals surface area contributed by atoms with Gasteiger partial charge in [0.15, 0.2) is 5.96 Å². The molecule has 0 saturated carbocycles. The van der Waals surface area contributed by atoms with E-state index in [1.165, 1.54) is 12.8 Å². The number of likely N-dealkylation sites (tertiary alicyclic amines) is 1. The topological polar surface area (TPSA) is 71.3 Å². The van der Waals surface area contributed by atoms with Gasteiger partial charge in [0.05, 0.1) is 25.5 Å². The number of guanidine groups is 1. The molecule has 1 aliphatic rings. The normalized spacial score (nSPS) is 16.1. The summed E-state index contributed by atoms with van der Waals surface area (Å²) >= 11 is 0. The molecule has 1 aliphatic heterocycles. The Balaban J connectivity index is 0.00000364. The summed E-state index contributed by atoms with van der Waals surface area (Å²) in [5.74, 6) is 1.85. The minimum atomic E-state index is 0. The van der Waals surface area contributed by atoms with Gasteiger partial charge in [-0.1, -0.05) is 0 Å². The number of halogens is 1. The van der Waals surface area contributed by atoms with Crippen molar-refractivity contribution >= 4 is 29.9 Å². The fourth-order valence-electron chi connectivity index (χ4n) is 3.14. The second-order valence-electron chi connectivity index (χ2n) is 6.47. The molecule has 1 fully saturated rings. The lowest BCUT2D eigenvalue weighted by Crippen LogP contribution is -2.42. The highest BCUT2D eigenvalue weighted by atomic mass is 127. The fraction of sp³-hybridized carbons (Fsp3) is 0.737. The monoisotopic (exact) mass is 494 g/mol. The summed E-state index contributed by atoms with van der Waals surface area (Å²) in [5.41, 5.74) is 0. The van der Waals surface area contributed by atoms with Gasteiger partial charge in [0.25, 0.3) is 0 Å². The van der Waals surface area contributed by atoms with Crippen molar-refractivity contribution in [2.45, 2.75) is 31.7 Å². The van der Waals surface area contributed by atoms with E-state index in [2.05, 4.69) is 26.6 Å². The fourth-order valence-corrected chi connectivity index (χ4v) is 3.14. The van der Waals surface area contributed by atoms with Crippen LogP contribution in [0.4, 0.5) is 0 Å². The number of rotatable bonds is 12. The van der Waals surface area contributed by atoms with Crippen LogP contribution in [-0.2, 0) is 9.47 Å². The molecule has 0 radical (unpaired) electrons. The number of aliphatic imine (C=N–C) groups is 1. The summed E-state index contributed by atoms with van der Waals surface area (Å²) in [6.07, 6.45) is 6.34. The lowest BCUT2D eigenvalue weighted by Gasteiger charge is -2.26. The molecule has 1 aromatic heterocycles. The zero-order chi connectivity index (χ0) is 18.5. The number of ether oxygens (including phenoxy) is 2. The number of nitrogens with zero attached hydrogens (tertiary/aromatic N) is 2. The maximum Gasteiger partial charge on any atom is 0.191 e. The molecule has 1 atom stereocenters. The standard InChI is InChI=1S/C19H34N4O3.HI/c1-20-19(21-9-3-6-12-25-15-14-24-2)22-16-17(18-8-7-13-26-18)23-10-4-5-11-23;/h7-8,13,17H,3-6,9-12,14-16H2,1-2H3,(H2,20,21,22);1H. The van der Waals surface area contributed by atoms with Crippen LogP contribution in [0.25, 0.3) is 0 Å². The van der Waals surface area contributed by atoms with Crippen molar-refractivity contribution in [1.82, 2.24) is 15.5 Å². The van der Waals surface area contributed by atoms with E-state index in [-0.39, 0.29) is 30.0 Å². The average Bonchev–Trinajstić information content (AvgIpc) is 3.37. The Morgan fingerprint density at radius 1 is 1.22 bits per heavy atom. The van der Waals surface area contributed by atoms with Crippen molar-refractivity contribution in [3.63, 3.8) is 0 Å². The van der Waals surface area contributed by atoms with Crippen LogP contribution in [0.5, 0.6) is 0 Å². The van der Waals surface area contributed by atoms with E-state index in [0.29, 0.717) is 13.2 Å². The van der Waals surface area contributed by atoms with Gasteiger partial charge in [-0.25, -0.2) is 0 Å². The molecule has 2 rings (SSSR count). The first-order chi connectivity index (χ1) is 12.8. The van der Waals surface area contributed by atoms with Crippen LogP contribution < -0.4 is 10.6 Å². The van der Waals surface area contributed by atoms with Crippen molar-refractivity contribution in [2.24, 2.45) is 4.99 Å². The number of furan rings is 1. The Morgan fingerprint density at radius 3 is 2.70 bits per heavy atom. The first-order valence-corrected chi connectivity index (χ1v) is 9.63. The highest BCUT2D eigenvalue weighted by molar-refractivity contribution is 14.0. The Kier molecular flexibility index (Phi) is 13.6. The molecule has 156 valence electrons. The zero-order valence-corrected chi connectivity index (χ0v) is 18.9. The summed E-state index contributed by atoms with van der Waals surface area (Å²) in [5, 5.41) is 6.82. The summed E-state index contributed by atoms with van der Waals surface area (Å²) in [6, 6.07) is 4.27. The first-order valence-electron chi connectivity index (χ1n) is 9.63. The van der Waals surface area contributed by atoms with Gasteiger partial charge in [-0.15, -0.1) is 24.0 Å². The molecule has 1 saturated heterocycles. The molecule has 0 spiro atoms. The van der Waals surface area contributed by atoms with Crippen LogP contribution in [0.3, 0.4) is 0 Å². The van der Waals surface area contributed by atoms with Crippen molar-refractivity contribution in [1.29, 1.82) is 0 Å². The van der Waals surface area contributed by atoms with E-state index in [9.17, 15) is 0 Å². The van der Waals surface area contributed by atoms with E-state index in [1.54, 1.807) is 20.4 Å². The largest absolute Gasteiger partial charge is 0.468 e. The van der Waals surface area contributed by atoms with E-state index in [1.807, 2.05) is 6.07 Å². The maximum absolute atomic E-state index is 5.66. The number of methoxy groups -OCH3 is 1. The van der Waals surface area contributed by atoms with Crippen LogP contribution in [0.2, 0.25) is 0 Å². The Morgan fingerprint density at radius 2 is 2.04 bits per heavy atom. The molecule has 1 unspecified atom stereocenters. The van der Waals surface area contributed by atoms with Gasteiger partial charge in [-0.2, -0.15) is 0 Å². The van der Waals surface area contributed by atoms with Gasteiger partial charge in [0.2, 0.25) is 0 Å². The summed E-state index contributed by atoms with van der Waals surface area (Å²) in [7, 11) is 3.49. The molecular weight excluding hydrogens is 459 g/mol. The third-order valence-corrected chi connectivity index (χ3v) is 4.58. The van der Waals surface area contributed by atoms with Crippen molar-refractivity contribution in [2.75, 3.05) is 60.2 Å². The molecule has 2 heterocycles. The zero-order valence-electron chi connectivity index (χ0n) is 16.6. The van der Waals surface area contributed by atoms with Crippen LogP contribution in [0.1, 0.15) is 37.5 Å². The van der Waals surface area contributed by atoms with Crippen molar-refractivity contribution < 1.29 is 13.9 Å². The quantitative estimate of drug-likeness (QED) is 0.202. The highest BCUT2D eigenvalue weighted by Gasteiger charge is 2.25. The molecule has 0 bridgehead atoms. The molecular formula is C19H35IN4O3. The van der Waals surface area contributed by atoms with E-state index in [4.69, 9.17) is 13.9 Å². The van der Waals surface area contributed by atoms with Gasteiger partial charge in [0.1, 0.15) is 5.76 Å². The highest BCUT2D eigenvalue weighted by Crippen LogP contribution is 2.24. The second-order valence-corrected chi connectivity index (χ2v) is 6.47. The SMILES string of the molecule is CN=C(NCCCCOCCOC)NCC(c1ccco1)N1CCCC1.I. The smallest absolute Gasteiger partial charge is 0.191 e. The summed E-state index contributed by atoms with van der Waals surface area (Å²) < 4.78 is 16.1. The molecule has 27 heavy (non-hydrogen) atoms. The van der Waals surface area contributed by atoms with Gasteiger partial charge >= 0.3 is 0 Å². The number of nitrogens with one attached hydrogen (secondary N) is 2. The molecule has 2 N–H and O–H groups in total. The molecule has 0 aromatic carbocycles. The Labute approximate surface area is 180 Å². The van der Waals surface area contributed by atoms with E-state index in [0.717, 1.165) is 57.3 Å². The van der Waals surface area contributed by atoms with Gasteiger partial charge in [-0.3, -0.25) is 9.89 Å². The van der Waals surface area contributed by atoms with Crippen LogP contribution in [-0.4, -0.2) is 71.0 Å². The van der Waals surface area contributed by atoms with Crippen LogP contribution in [0.15, 0.2) is 27.8 Å². The third-order valence-electron chi connectivity index (χ3n) is 4.58. The van der Waals surface area contributed by atoms with Crippen molar-refractivity contribution in [3.05, 3.63) is 24.2 Å². The van der Waals surface area contributed by atoms with Crippen LogP contribution >= 0.6 is 24.0 Å². The Hall–Kier alpha value is -0.840. The average molecular weight is 494 g/mol. The maximum atomic E-state index is 5.66. The first kappa shape index (κ1) is 24.2. The minimum absolute atomic E-state index is 0. The number of hydrogen-bond acceptors (Lipinski definition) is 5. The predicted molar refractivity (Wildman–Crippen MR) is 119 cm³/mol. The lowest BCUT2D eigenvalue weighted by molar-refractivity contribution is 0.0689. The molecule has 8 heteroatoms. The molecule has 7 nitrogen and oxygen atoms in total. The number of hydrogen-bond donors (Lipinski definition) is 2. The predicted octanol–water partition coefficient (Wildman–Crippen LogP) is 2.64. The molecule has 0 aliphatic carbocycles. The van der Waals surface area contributed by atoms with E-state index >= 15 is 0 Å². The lowest BCUT2D eigenvalue weighted by atomic mass is 10.2. The molecule has 0 amide bonds. The van der Waals surface area contributed by atoms with Gasteiger partial charge < -0.3 is 24.5 Å². The van der Waals surface area contributed by atoms with Crippen LogP contribution in [0, 0.1) is 0 Å². The summed E-state index contributed by atoms with van der Waals surface area (Å²) in [6.45, 7) is 6.01. The third kappa shape index (κ3) is 9.27. The summed E-state index contributed by atoms with van der Waals surface area (Å²) in [4.78, 5) is 6.81. The minimum Gasteiger partial charge on any atom is -0.468 e. The Bertz CT molecular complexity index is 493. The van der Waals surface area contributed by atoms with Crippen molar-refractivity contribution in [3.8, 4) is 0 Å². The van der Waals surface area contributed by atoms with Gasteiger partial charge in [0, 0.05) is 33.9 Å². The second kappa shape index (κ2) is 15.1. The van der Waals surface area contributed by atoms with Gasteiger partial charge in [-0.05, 0) is 50.9 Å². The molecule has 1 aromatic rings. The van der Waals surface area contributed by atoms with E-state index < -0.39 is 0 Å².